The third-order valence-corrected chi connectivity index (χ3v) is 1.83. The first-order valence-corrected chi connectivity index (χ1v) is 4.49. The van der Waals surface area contributed by atoms with Crippen molar-refractivity contribution in [2.75, 3.05) is 14.1 Å². The molecule has 0 aromatic carbocycles. The maximum absolute atomic E-state index is 4.21. The van der Waals surface area contributed by atoms with Crippen LogP contribution in [0.2, 0.25) is 0 Å². The fourth-order valence-electron chi connectivity index (χ4n) is 0.750. The van der Waals surface area contributed by atoms with Gasteiger partial charge in [0.2, 0.25) is 0 Å². The van der Waals surface area contributed by atoms with Crippen LogP contribution >= 0.6 is 15.9 Å². The summed E-state index contributed by atoms with van der Waals surface area (Å²) >= 11 is 3.33. The summed E-state index contributed by atoms with van der Waals surface area (Å²) < 4.78 is 1.01. The quantitative estimate of drug-likeness (QED) is 0.796. The normalized spacial score (nSPS) is 10.7. The van der Waals surface area contributed by atoms with Gasteiger partial charge in [0.05, 0.1) is 12.2 Å². The third-order valence-electron chi connectivity index (χ3n) is 1.37. The fraction of sp³-hybridized carbons (Fsp3) is 0.375. The van der Waals surface area contributed by atoms with Gasteiger partial charge in [0, 0.05) is 24.8 Å². The zero-order valence-electron chi connectivity index (χ0n) is 7.21. The van der Waals surface area contributed by atoms with Crippen LogP contribution in [0.3, 0.4) is 0 Å². The Bertz CT molecular complexity index is 233. The van der Waals surface area contributed by atoms with Crippen molar-refractivity contribution in [2.45, 2.75) is 6.54 Å². The lowest BCUT2D eigenvalue weighted by molar-refractivity contribution is 0.284. The van der Waals surface area contributed by atoms with Crippen molar-refractivity contribution < 1.29 is 0 Å². The molecule has 0 aliphatic carbocycles. The molecule has 3 nitrogen and oxygen atoms in total. The molecule has 1 aromatic rings. The van der Waals surface area contributed by atoms with E-state index < -0.39 is 0 Å². The number of nitrogens with one attached hydrogen (secondary N) is 1. The van der Waals surface area contributed by atoms with Gasteiger partial charge in [-0.25, -0.2) is 5.43 Å². The monoisotopic (exact) mass is 229 g/mol. The highest BCUT2D eigenvalue weighted by Crippen LogP contribution is 2.06. The molecule has 0 bridgehead atoms. The molecule has 0 atom stereocenters. The third kappa shape index (κ3) is 3.30. The number of hydrogen-bond acceptors (Lipinski definition) is 3. The van der Waals surface area contributed by atoms with Crippen molar-refractivity contribution in [1.29, 1.82) is 0 Å². The van der Waals surface area contributed by atoms with Gasteiger partial charge in [-0.2, -0.15) is 0 Å². The summed E-state index contributed by atoms with van der Waals surface area (Å²) in [7, 11) is 3.91. The van der Waals surface area contributed by atoms with E-state index in [1.165, 1.54) is 0 Å². The summed E-state index contributed by atoms with van der Waals surface area (Å²) in [4.78, 5) is 4.21. The molecule has 0 aliphatic rings. The van der Waals surface area contributed by atoms with Crippen molar-refractivity contribution in [3.05, 3.63) is 28.5 Å². The van der Waals surface area contributed by atoms with Crippen LogP contribution in [0.25, 0.3) is 0 Å². The van der Waals surface area contributed by atoms with Crippen LogP contribution in [0, 0.1) is 0 Å². The van der Waals surface area contributed by atoms with E-state index in [2.05, 4.69) is 26.3 Å². The summed E-state index contributed by atoms with van der Waals surface area (Å²) in [5, 5.41) is 1.91. The van der Waals surface area contributed by atoms with Crippen LogP contribution in [-0.2, 0) is 6.54 Å². The second-order valence-electron chi connectivity index (χ2n) is 2.70. The number of rotatable bonds is 3. The molecule has 0 radical (unpaired) electrons. The molecule has 4 heteroatoms. The first-order chi connectivity index (χ1) is 5.68. The van der Waals surface area contributed by atoms with Gasteiger partial charge in [-0.1, -0.05) is 0 Å². The molecule has 0 spiro atoms. The molecule has 0 aliphatic heterocycles. The Kier molecular flexibility index (Phi) is 3.65. The highest BCUT2D eigenvalue weighted by Gasteiger charge is 1.93. The van der Waals surface area contributed by atoms with Crippen molar-refractivity contribution in [3.8, 4) is 0 Å². The maximum Gasteiger partial charge on any atom is 0.0556 e. The fourth-order valence-corrected chi connectivity index (χ4v) is 0.985. The Hall–Kier alpha value is -0.450. The number of pyridine rings is 1. The van der Waals surface area contributed by atoms with Gasteiger partial charge in [-0.3, -0.25) is 9.99 Å². The molecular formula is C8H12BrN3. The van der Waals surface area contributed by atoms with E-state index in [-0.39, 0.29) is 0 Å². The SMILES string of the molecule is CN(C)NCc1ccc(Br)cn1. The molecule has 1 rings (SSSR count). The molecule has 12 heavy (non-hydrogen) atoms. The summed E-state index contributed by atoms with van der Waals surface area (Å²) in [6, 6.07) is 3.97. The standard InChI is InChI=1S/C8H12BrN3/c1-12(2)11-6-8-4-3-7(9)5-10-8/h3-5,11H,6H2,1-2H3. The van der Waals surface area contributed by atoms with Gasteiger partial charge in [0.25, 0.3) is 0 Å². The summed E-state index contributed by atoms with van der Waals surface area (Å²) in [6.45, 7) is 0.764. The van der Waals surface area contributed by atoms with Gasteiger partial charge < -0.3 is 0 Å². The highest BCUT2D eigenvalue weighted by molar-refractivity contribution is 9.10. The second kappa shape index (κ2) is 4.54. The zero-order valence-corrected chi connectivity index (χ0v) is 8.80. The van der Waals surface area contributed by atoms with Gasteiger partial charge >= 0.3 is 0 Å². The van der Waals surface area contributed by atoms with E-state index in [0.717, 1.165) is 16.7 Å². The Morgan fingerprint density at radius 1 is 1.50 bits per heavy atom. The first kappa shape index (κ1) is 9.64. The Morgan fingerprint density at radius 3 is 2.75 bits per heavy atom. The van der Waals surface area contributed by atoms with Gasteiger partial charge in [-0.15, -0.1) is 0 Å². The molecule has 1 heterocycles. The topological polar surface area (TPSA) is 28.2 Å². The van der Waals surface area contributed by atoms with Crippen LogP contribution < -0.4 is 5.43 Å². The average molecular weight is 230 g/mol. The zero-order chi connectivity index (χ0) is 8.97. The number of halogens is 1. The van der Waals surface area contributed by atoms with Crippen LogP contribution in [-0.4, -0.2) is 24.1 Å². The molecule has 66 valence electrons. The Balaban J connectivity index is 2.48. The molecule has 0 amide bonds. The van der Waals surface area contributed by atoms with Crippen molar-refractivity contribution >= 4 is 15.9 Å². The Morgan fingerprint density at radius 2 is 2.25 bits per heavy atom. The minimum Gasteiger partial charge on any atom is -0.259 e. The number of hydrogen-bond donors (Lipinski definition) is 1. The van der Waals surface area contributed by atoms with E-state index in [4.69, 9.17) is 0 Å². The van der Waals surface area contributed by atoms with Gasteiger partial charge in [-0.05, 0) is 28.1 Å². The molecule has 0 saturated heterocycles. The summed E-state index contributed by atoms with van der Waals surface area (Å²) in [5.41, 5.74) is 4.17. The van der Waals surface area contributed by atoms with E-state index in [1.807, 2.05) is 31.2 Å². The minimum atomic E-state index is 0.764. The second-order valence-corrected chi connectivity index (χ2v) is 3.61. The van der Waals surface area contributed by atoms with Crippen LogP contribution in [0.15, 0.2) is 22.8 Å². The molecule has 1 N–H and O–H groups in total. The lowest BCUT2D eigenvalue weighted by Crippen LogP contribution is -2.29. The molecule has 0 unspecified atom stereocenters. The highest BCUT2D eigenvalue weighted by atomic mass is 79.9. The number of aromatic nitrogens is 1. The predicted octanol–water partition coefficient (Wildman–Crippen LogP) is 1.41. The lowest BCUT2D eigenvalue weighted by Gasteiger charge is -2.10. The van der Waals surface area contributed by atoms with Crippen molar-refractivity contribution in [3.63, 3.8) is 0 Å². The number of hydrazine groups is 1. The van der Waals surface area contributed by atoms with E-state index >= 15 is 0 Å². The van der Waals surface area contributed by atoms with Crippen molar-refractivity contribution in [1.82, 2.24) is 15.4 Å². The van der Waals surface area contributed by atoms with E-state index in [1.54, 1.807) is 6.20 Å². The average Bonchev–Trinajstić information content (AvgIpc) is 2.03. The Labute approximate surface area is 80.9 Å². The number of nitrogens with zero attached hydrogens (tertiary/aromatic N) is 2. The van der Waals surface area contributed by atoms with E-state index in [9.17, 15) is 0 Å². The smallest absolute Gasteiger partial charge is 0.0556 e. The maximum atomic E-state index is 4.21. The summed E-state index contributed by atoms with van der Waals surface area (Å²) in [6.07, 6.45) is 1.80. The van der Waals surface area contributed by atoms with Gasteiger partial charge in [0.15, 0.2) is 0 Å². The molecule has 0 saturated carbocycles. The van der Waals surface area contributed by atoms with Crippen LogP contribution in [0.5, 0.6) is 0 Å². The van der Waals surface area contributed by atoms with Crippen molar-refractivity contribution in [2.24, 2.45) is 0 Å². The predicted molar refractivity (Wildman–Crippen MR) is 52.5 cm³/mol. The lowest BCUT2D eigenvalue weighted by atomic mass is 10.3. The summed E-state index contributed by atoms with van der Waals surface area (Å²) in [5.74, 6) is 0. The van der Waals surface area contributed by atoms with Crippen LogP contribution in [0.1, 0.15) is 5.69 Å². The molecule has 0 fully saturated rings. The molecule has 1 aromatic heterocycles. The van der Waals surface area contributed by atoms with Crippen LogP contribution in [0.4, 0.5) is 0 Å². The van der Waals surface area contributed by atoms with Gasteiger partial charge in [0.1, 0.15) is 0 Å². The van der Waals surface area contributed by atoms with E-state index in [0.29, 0.717) is 0 Å². The molecular weight excluding hydrogens is 218 g/mol. The largest absolute Gasteiger partial charge is 0.259 e. The minimum absolute atomic E-state index is 0.764. The first-order valence-electron chi connectivity index (χ1n) is 3.70.